The van der Waals surface area contributed by atoms with Gasteiger partial charge in [0, 0.05) is 71.7 Å². The van der Waals surface area contributed by atoms with Gasteiger partial charge in [0.2, 0.25) is 20.0 Å². The van der Waals surface area contributed by atoms with E-state index in [9.17, 15) is 26.4 Å². The molecule has 4 N–H and O–H groups in total. The molecule has 0 radical (unpaired) electrons. The van der Waals surface area contributed by atoms with Gasteiger partial charge >= 0.3 is 0 Å². The number of nitrogens with one attached hydrogen (secondary N) is 4. The second-order valence-corrected chi connectivity index (χ2v) is 21.5. The third-order valence-corrected chi connectivity index (χ3v) is 16.1. The Morgan fingerprint density at radius 2 is 1.03 bits per heavy atom. The van der Waals surface area contributed by atoms with E-state index in [1.165, 1.54) is 51.4 Å². The highest BCUT2D eigenvalue weighted by Crippen LogP contribution is 2.24. The minimum atomic E-state index is -3.56. The molecule has 2 amide bonds. The summed E-state index contributed by atoms with van der Waals surface area (Å²) in [5.41, 5.74) is 2.26. The SMILES string of the molecule is CCCCCCNC1CCN(S(=O)(=O)c2ccc(NC(=O)c3ccc(Cl)cc3)cc2)CC1.CCCCCCNC1CCN(S(=O)(=O)c2cccc(CNC(=O)c3ccc(Cl)cc3)c2)CC1. The standard InChI is InChI=1S/C25H34ClN3O3S.C24H32ClN3O3S/c1-2-3-4-5-15-27-23-13-16-29(17-14-23)33(31,32)24-8-6-7-20(18-24)19-28-25(30)21-9-11-22(26)12-10-21;1-2-3-4-5-16-26-21-14-17-28(18-15-21)32(30,31)23-12-10-22(11-13-23)27-24(29)19-6-8-20(25)9-7-19/h6-12,18,23,27H,2-5,13-17,19H2,1H3,(H,28,30);6-13,21,26H,2-5,14-18H2,1H3,(H,27,29). The van der Waals surface area contributed by atoms with E-state index < -0.39 is 20.0 Å². The summed E-state index contributed by atoms with van der Waals surface area (Å²) in [4.78, 5) is 25.2. The molecule has 65 heavy (non-hydrogen) atoms. The van der Waals surface area contributed by atoms with E-state index >= 15 is 0 Å². The third kappa shape index (κ3) is 16.5. The van der Waals surface area contributed by atoms with Crippen molar-refractivity contribution in [2.24, 2.45) is 0 Å². The quantitative estimate of drug-likeness (QED) is 0.0602. The number of benzene rings is 4. The number of halogens is 2. The van der Waals surface area contributed by atoms with E-state index in [2.05, 4.69) is 35.1 Å². The highest BCUT2D eigenvalue weighted by atomic mass is 35.5. The van der Waals surface area contributed by atoms with Gasteiger partial charge in [0.1, 0.15) is 0 Å². The zero-order valence-corrected chi connectivity index (χ0v) is 40.9. The monoisotopic (exact) mass is 968 g/mol. The first kappa shape index (κ1) is 52.1. The Morgan fingerprint density at radius 3 is 1.51 bits per heavy atom. The molecule has 0 atom stereocenters. The van der Waals surface area contributed by atoms with Gasteiger partial charge in [-0.25, -0.2) is 16.8 Å². The second kappa shape index (κ2) is 26.5. The van der Waals surface area contributed by atoms with E-state index in [0.29, 0.717) is 65.1 Å². The third-order valence-electron chi connectivity index (χ3n) is 11.8. The summed E-state index contributed by atoms with van der Waals surface area (Å²) in [5.74, 6) is -0.509. The number of piperidine rings is 2. The van der Waals surface area contributed by atoms with Crippen molar-refractivity contribution >= 4 is 60.8 Å². The van der Waals surface area contributed by atoms with Crippen LogP contribution in [0.3, 0.4) is 0 Å². The Hall–Kier alpha value is -3.86. The molecule has 4 aromatic rings. The first-order valence-corrected chi connectivity index (χ1v) is 26.7. The van der Waals surface area contributed by atoms with Gasteiger partial charge in [0.25, 0.3) is 11.8 Å². The van der Waals surface area contributed by atoms with Crippen LogP contribution in [0.4, 0.5) is 5.69 Å². The molecule has 2 saturated heterocycles. The fourth-order valence-corrected chi connectivity index (χ4v) is 11.1. The van der Waals surface area contributed by atoms with Gasteiger partial charge in [-0.05, 0) is 142 Å². The number of carbonyl (C=O) groups is 2. The molecule has 2 heterocycles. The number of anilines is 1. The molecule has 4 aromatic carbocycles. The van der Waals surface area contributed by atoms with Crippen molar-refractivity contribution in [3.05, 3.63) is 124 Å². The van der Waals surface area contributed by atoms with Crippen LogP contribution in [0.15, 0.2) is 107 Å². The summed E-state index contributed by atoms with van der Waals surface area (Å²) < 4.78 is 55.5. The van der Waals surface area contributed by atoms with Crippen molar-refractivity contribution in [1.29, 1.82) is 0 Å². The van der Waals surface area contributed by atoms with Crippen molar-refractivity contribution < 1.29 is 26.4 Å². The van der Waals surface area contributed by atoms with Crippen LogP contribution < -0.4 is 21.3 Å². The van der Waals surface area contributed by atoms with E-state index in [0.717, 1.165) is 44.3 Å². The summed E-state index contributed by atoms with van der Waals surface area (Å²) >= 11 is 11.7. The van der Waals surface area contributed by atoms with E-state index in [4.69, 9.17) is 23.2 Å². The van der Waals surface area contributed by atoms with Gasteiger partial charge in [0.15, 0.2) is 0 Å². The van der Waals surface area contributed by atoms with E-state index in [1.54, 1.807) is 99.6 Å². The molecular weight excluding hydrogens is 904 g/mol. The number of sulfonamides is 2. The van der Waals surface area contributed by atoms with Crippen molar-refractivity contribution in [3.63, 3.8) is 0 Å². The molecule has 0 spiro atoms. The molecule has 12 nitrogen and oxygen atoms in total. The number of hydrogen-bond donors (Lipinski definition) is 4. The van der Waals surface area contributed by atoms with Gasteiger partial charge in [-0.1, -0.05) is 87.7 Å². The van der Waals surface area contributed by atoms with Crippen molar-refractivity contribution in [1.82, 2.24) is 24.6 Å². The average Bonchev–Trinajstić information content (AvgIpc) is 3.32. The molecule has 0 unspecified atom stereocenters. The highest BCUT2D eigenvalue weighted by molar-refractivity contribution is 7.89. The minimum absolute atomic E-state index is 0.232. The number of hydrogen-bond acceptors (Lipinski definition) is 8. The summed E-state index contributed by atoms with van der Waals surface area (Å²) in [6, 6.07) is 27.1. The normalized spacial score (nSPS) is 15.5. The number of carbonyl (C=O) groups excluding carboxylic acids is 2. The highest BCUT2D eigenvalue weighted by Gasteiger charge is 2.30. The van der Waals surface area contributed by atoms with Crippen molar-refractivity contribution in [2.45, 2.75) is 119 Å². The second-order valence-electron chi connectivity index (χ2n) is 16.7. The average molecular weight is 970 g/mol. The predicted octanol–water partition coefficient (Wildman–Crippen LogP) is 9.51. The molecule has 6 rings (SSSR count). The van der Waals surface area contributed by atoms with E-state index in [1.807, 2.05) is 6.07 Å². The molecule has 2 aliphatic rings. The van der Waals surface area contributed by atoms with Crippen LogP contribution in [0.1, 0.15) is 117 Å². The molecule has 2 fully saturated rings. The lowest BCUT2D eigenvalue weighted by Gasteiger charge is -2.31. The molecule has 16 heteroatoms. The maximum absolute atomic E-state index is 13.2. The maximum Gasteiger partial charge on any atom is 0.255 e. The van der Waals surface area contributed by atoms with Crippen molar-refractivity contribution in [3.8, 4) is 0 Å². The van der Waals surface area contributed by atoms with Crippen LogP contribution in [0.2, 0.25) is 10.0 Å². The van der Waals surface area contributed by atoms with Crippen molar-refractivity contribution in [2.75, 3.05) is 44.6 Å². The Kier molecular flexibility index (Phi) is 21.2. The lowest BCUT2D eigenvalue weighted by atomic mass is 10.1. The molecule has 0 bridgehead atoms. The molecule has 0 aliphatic carbocycles. The summed E-state index contributed by atoms with van der Waals surface area (Å²) in [6.07, 6.45) is 13.1. The van der Waals surface area contributed by atoms with Crippen LogP contribution >= 0.6 is 23.2 Å². The molecule has 0 aromatic heterocycles. The molecule has 2 aliphatic heterocycles. The number of rotatable bonds is 21. The largest absolute Gasteiger partial charge is 0.348 e. The molecular formula is C49H66Cl2N6O6S2. The number of nitrogens with zero attached hydrogens (tertiary/aromatic N) is 2. The molecule has 0 saturated carbocycles. The summed E-state index contributed by atoms with van der Waals surface area (Å²) in [6.45, 7) is 8.73. The first-order chi connectivity index (χ1) is 31.3. The predicted molar refractivity (Wildman–Crippen MR) is 263 cm³/mol. The summed E-state index contributed by atoms with van der Waals surface area (Å²) in [5, 5.41) is 13.9. The number of unbranched alkanes of at least 4 members (excludes halogenated alkanes) is 6. The van der Waals surface area contributed by atoms with Gasteiger partial charge in [-0.3, -0.25) is 9.59 Å². The van der Waals surface area contributed by atoms with Crippen LogP contribution in [-0.4, -0.2) is 88.6 Å². The van der Waals surface area contributed by atoms with Gasteiger partial charge < -0.3 is 21.3 Å². The van der Waals surface area contributed by atoms with Crippen LogP contribution in [0.5, 0.6) is 0 Å². The summed E-state index contributed by atoms with van der Waals surface area (Å²) in [7, 11) is -7.10. The Balaban J connectivity index is 0.000000244. The minimum Gasteiger partial charge on any atom is -0.348 e. The fourth-order valence-electron chi connectivity index (χ4n) is 7.83. The van der Waals surface area contributed by atoms with Crippen LogP contribution in [0.25, 0.3) is 0 Å². The Morgan fingerprint density at radius 1 is 0.569 bits per heavy atom. The van der Waals surface area contributed by atoms with Gasteiger partial charge in [0.05, 0.1) is 9.79 Å². The van der Waals surface area contributed by atoms with Crippen LogP contribution in [-0.2, 0) is 26.6 Å². The Bertz CT molecular complexity index is 2300. The first-order valence-electron chi connectivity index (χ1n) is 23.1. The smallest absolute Gasteiger partial charge is 0.255 e. The van der Waals surface area contributed by atoms with Gasteiger partial charge in [-0.2, -0.15) is 8.61 Å². The Labute approximate surface area is 397 Å². The van der Waals surface area contributed by atoms with Gasteiger partial charge in [-0.15, -0.1) is 0 Å². The zero-order chi connectivity index (χ0) is 46.7. The topological polar surface area (TPSA) is 157 Å². The lowest BCUT2D eigenvalue weighted by Crippen LogP contribution is -2.45. The molecule has 354 valence electrons. The van der Waals surface area contributed by atoms with Crippen LogP contribution in [0, 0.1) is 0 Å². The number of amides is 2. The lowest BCUT2D eigenvalue weighted by molar-refractivity contribution is 0.0950. The van der Waals surface area contributed by atoms with E-state index in [-0.39, 0.29) is 28.2 Å². The maximum atomic E-state index is 13.2. The zero-order valence-electron chi connectivity index (χ0n) is 37.7. The fraction of sp³-hybridized carbons (Fsp3) is 0.469.